The van der Waals surface area contributed by atoms with Gasteiger partial charge >= 0.3 is 6.03 Å². The highest BCUT2D eigenvalue weighted by Gasteiger charge is 2.21. The second-order valence-corrected chi connectivity index (χ2v) is 5.49. The van der Waals surface area contributed by atoms with Crippen LogP contribution in [0.4, 0.5) is 10.5 Å². The summed E-state index contributed by atoms with van der Waals surface area (Å²) in [5.41, 5.74) is 7.86. The van der Waals surface area contributed by atoms with Crippen molar-refractivity contribution in [2.75, 3.05) is 18.4 Å². The Labute approximate surface area is 115 Å². The van der Waals surface area contributed by atoms with Gasteiger partial charge in [-0.3, -0.25) is 0 Å². The molecule has 1 heterocycles. The van der Waals surface area contributed by atoms with E-state index < -0.39 is 0 Å². The standard InChI is InChI=1S/C15H23N3O/c1-11(2)13-5-3-4-6-14(13)17-12-7-9-18(10-8-12)15(16)19/h3-6,11-12,17H,7-10H2,1-2H3,(H2,16,19). The Morgan fingerprint density at radius 1 is 1.32 bits per heavy atom. The summed E-state index contributed by atoms with van der Waals surface area (Å²) in [6, 6.07) is 8.57. The van der Waals surface area contributed by atoms with Gasteiger partial charge in [0.05, 0.1) is 0 Å². The molecule has 104 valence electrons. The molecule has 0 aromatic heterocycles. The molecule has 0 saturated carbocycles. The number of carbonyl (C=O) groups excluding carboxylic acids is 1. The molecule has 1 fully saturated rings. The molecule has 1 aromatic rings. The maximum atomic E-state index is 11.1. The maximum absolute atomic E-state index is 11.1. The molecule has 3 N–H and O–H groups in total. The minimum absolute atomic E-state index is 0.305. The number of hydrogen-bond acceptors (Lipinski definition) is 2. The fraction of sp³-hybridized carbons (Fsp3) is 0.533. The molecule has 1 aliphatic heterocycles. The number of piperidine rings is 1. The van der Waals surface area contributed by atoms with Gasteiger partial charge in [-0.1, -0.05) is 32.0 Å². The van der Waals surface area contributed by atoms with E-state index in [0.29, 0.717) is 12.0 Å². The molecule has 2 rings (SSSR count). The van der Waals surface area contributed by atoms with E-state index >= 15 is 0 Å². The number of nitrogens with zero attached hydrogens (tertiary/aromatic N) is 1. The van der Waals surface area contributed by atoms with Gasteiger partial charge in [-0.25, -0.2) is 4.79 Å². The molecule has 1 aliphatic rings. The number of amides is 2. The highest BCUT2D eigenvalue weighted by Crippen LogP contribution is 2.26. The molecule has 4 heteroatoms. The lowest BCUT2D eigenvalue weighted by Crippen LogP contribution is -2.44. The van der Waals surface area contributed by atoms with Crippen LogP contribution in [0.2, 0.25) is 0 Å². The SMILES string of the molecule is CC(C)c1ccccc1NC1CCN(C(N)=O)CC1. The van der Waals surface area contributed by atoms with Crippen LogP contribution in [0.15, 0.2) is 24.3 Å². The molecule has 0 unspecified atom stereocenters. The summed E-state index contributed by atoms with van der Waals surface area (Å²) in [6.45, 7) is 5.90. The predicted octanol–water partition coefficient (Wildman–Crippen LogP) is 2.77. The van der Waals surface area contributed by atoms with E-state index in [-0.39, 0.29) is 6.03 Å². The zero-order valence-electron chi connectivity index (χ0n) is 11.7. The van der Waals surface area contributed by atoms with Gasteiger partial charge in [0.25, 0.3) is 0 Å². The number of rotatable bonds is 3. The minimum atomic E-state index is -0.305. The Morgan fingerprint density at radius 2 is 1.95 bits per heavy atom. The largest absolute Gasteiger partial charge is 0.382 e. The van der Waals surface area contributed by atoms with Crippen LogP contribution in [0.25, 0.3) is 0 Å². The number of benzene rings is 1. The number of nitrogens with one attached hydrogen (secondary N) is 1. The van der Waals surface area contributed by atoms with Crippen LogP contribution in [0, 0.1) is 0 Å². The van der Waals surface area contributed by atoms with Crippen LogP contribution in [0.3, 0.4) is 0 Å². The average Bonchev–Trinajstić information content (AvgIpc) is 2.39. The number of carbonyl (C=O) groups is 1. The average molecular weight is 261 g/mol. The van der Waals surface area contributed by atoms with Crippen LogP contribution in [0.5, 0.6) is 0 Å². The first-order chi connectivity index (χ1) is 9.08. The second-order valence-electron chi connectivity index (χ2n) is 5.49. The Bertz CT molecular complexity index is 437. The quantitative estimate of drug-likeness (QED) is 0.879. The lowest BCUT2D eigenvalue weighted by Gasteiger charge is -2.32. The smallest absolute Gasteiger partial charge is 0.314 e. The topological polar surface area (TPSA) is 58.4 Å². The Morgan fingerprint density at radius 3 is 2.53 bits per heavy atom. The van der Waals surface area contributed by atoms with Gasteiger partial charge in [-0.15, -0.1) is 0 Å². The van der Waals surface area contributed by atoms with E-state index in [1.165, 1.54) is 11.3 Å². The summed E-state index contributed by atoms with van der Waals surface area (Å²) in [6.07, 6.45) is 1.91. The summed E-state index contributed by atoms with van der Waals surface area (Å²) in [4.78, 5) is 12.8. The van der Waals surface area contributed by atoms with Crippen molar-refractivity contribution in [3.8, 4) is 0 Å². The molecule has 0 radical (unpaired) electrons. The lowest BCUT2D eigenvalue weighted by atomic mass is 9.99. The molecule has 0 aliphatic carbocycles. The van der Waals surface area contributed by atoms with E-state index in [4.69, 9.17) is 5.73 Å². The van der Waals surface area contributed by atoms with Crippen LogP contribution in [0.1, 0.15) is 38.2 Å². The third-order valence-corrected chi connectivity index (χ3v) is 3.75. The third-order valence-electron chi connectivity index (χ3n) is 3.75. The molecule has 1 aromatic carbocycles. The zero-order valence-corrected chi connectivity index (χ0v) is 11.7. The fourth-order valence-corrected chi connectivity index (χ4v) is 2.60. The molecular formula is C15H23N3O. The van der Waals surface area contributed by atoms with E-state index in [2.05, 4.69) is 43.4 Å². The van der Waals surface area contributed by atoms with Crippen molar-refractivity contribution in [2.45, 2.75) is 38.6 Å². The van der Waals surface area contributed by atoms with Gasteiger partial charge < -0.3 is 16.0 Å². The molecule has 0 bridgehead atoms. The summed E-state index contributed by atoms with van der Waals surface area (Å²) < 4.78 is 0. The van der Waals surface area contributed by atoms with Crippen molar-refractivity contribution < 1.29 is 4.79 Å². The van der Waals surface area contributed by atoms with E-state index in [1.807, 2.05) is 0 Å². The Kier molecular flexibility index (Phi) is 4.30. The number of likely N-dealkylation sites (tertiary alicyclic amines) is 1. The number of nitrogens with two attached hydrogens (primary N) is 1. The summed E-state index contributed by atoms with van der Waals surface area (Å²) in [5.74, 6) is 0.509. The van der Waals surface area contributed by atoms with Crippen LogP contribution >= 0.6 is 0 Å². The Balaban J connectivity index is 1.98. The molecule has 19 heavy (non-hydrogen) atoms. The number of urea groups is 1. The maximum Gasteiger partial charge on any atom is 0.314 e. The number of hydrogen-bond donors (Lipinski definition) is 2. The molecule has 4 nitrogen and oxygen atoms in total. The molecule has 0 atom stereocenters. The van der Waals surface area contributed by atoms with Gasteiger partial charge in [0.2, 0.25) is 0 Å². The van der Waals surface area contributed by atoms with E-state index in [1.54, 1.807) is 4.90 Å². The lowest BCUT2D eigenvalue weighted by molar-refractivity contribution is 0.193. The van der Waals surface area contributed by atoms with E-state index in [0.717, 1.165) is 25.9 Å². The first-order valence-corrected chi connectivity index (χ1v) is 6.97. The first-order valence-electron chi connectivity index (χ1n) is 6.97. The second kappa shape index (κ2) is 5.95. The monoisotopic (exact) mass is 261 g/mol. The first kappa shape index (κ1) is 13.7. The molecular weight excluding hydrogens is 238 g/mol. The Hall–Kier alpha value is -1.71. The number of para-hydroxylation sites is 1. The minimum Gasteiger partial charge on any atom is -0.382 e. The van der Waals surface area contributed by atoms with Crippen LogP contribution < -0.4 is 11.1 Å². The van der Waals surface area contributed by atoms with Gasteiger partial charge in [-0.05, 0) is 30.4 Å². The summed E-state index contributed by atoms with van der Waals surface area (Å²) in [7, 11) is 0. The van der Waals surface area contributed by atoms with Crippen LogP contribution in [-0.2, 0) is 0 Å². The van der Waals surface area contributed by atoms with Crippen molar-refractivity contribution in [1.29, 1.82) is 0 Å². The predicted molar refractivity (Wildman–Crippen MR) is 78.3 cm³/mol. The highest BCUT2D eigenvalue weighted by atomic mass is 16.2. The molecule has 0 spiro atoms. The number of anilines is 1. The summed E-state index contributed by atoms with van der Waals surface area (Å²) in [5, 5.41) is 3.61. The molecule has 2 amide bonds. The third kappa shape index (κ3) is 3.40. The van der Waals surface area contributed by atoms with Crippen molar-refractivity contribution >= 4 is 11.7 Å². The number of primary amides is 1. The molecule has 1 saturated heterocycles. The van der Waals surface area contributed by atoms with Crippen molar-refractivity contribution in [3.05, 3.63) is 29.8 Å². The van der Waals surface area contributed by atoms with Crippen molar-refractivity contribution in [2.24, 2.45) is 5.73 Å². The van der Waals surface area contributed by atoms with Gasteiger partial charge in [0, 0.05) is 24.8 Å². The van der Waals surface area contributed by atoms with E-state index in [9.17, 15) is 4.79 Å². The fourth-order valence-electron chi connectivity index (χ4n) is 2.60. The van der Waals surface area contributed by atoms with Gasteiger partial charge in [0.15, 0.2) is 0 Å². The van der Waals surface area contributed by atoms with Crippen molar-refractivity contribution in [1.82, 2.24) is 4.90 Å². The van der Waals surface area contributed by atoms with Gasteiger partial charge in [0.1, 0.15) is 0 Å². The zero-order chi connectivity index (χ0) is 13.8. The highest BCUT2D eigenvalue weighted by molar-refractivity contribution is 5.72. The normalized spacial score (nSPS) is 16.7. The van der Waals surface area contributed by atoms with Crippen molar-refractivity contribution in [3.63, 3.8) is 0 Å². The summed E-state index contributed by atoms with van der Waals surface area (Å²) >= 11 is 0. The van der Waals surface area contributed by atoms with Crippen LogP contribution in [-0.4, -0.2) is 30.1 Å². The van der Waals surface area contributed by atoms with Gasteiger partial charge in [-0.2, -0.15) is 0 Å².